The van der Waals surface area contributed by atoms with Gasteiger partial charge in [0, 0.05) is 12.1 Å². The Morgan fingerprint density at radius 1 is 1.50 bits per heavy atom. The summed E-state index contributed by atoms with van der Waals surface area (Å²) < 4.78 is 7.02. The van der Waals surface area contributed by atoms with Crippen LogP contribution in [0.5, 0.6) is 0 Å². The molecular formula is C14H16N2O2. The maximum Gasteiger partial charge on any atom is 0.357 e. The van der Waals surface area contributed by atoms with Crippen molar-refractivity contribution in [3.8, 4) is 0 Å². The van der Waals surface area contributed by atoms with Gasteiger partial charge in [0.25, 0.3) is 0 Å². The van der Waals surface area contributed by atoms with Gasteiger partial charge in [-0.25, -0.2) is 9.78 Å². The number of carbonyl (C=O) groups excluding carboxylic acids is 1. The second kappa shape index (κ2) is 4.12. The normalized spacial score (nSPS) is 15.0. The highest BCUT2D eigenvalue weighted by molar-refractivity contribution is 5.90. The molecule has 1 aliphatic rings. The van der Waals surface area contributed by atoms with Gasteiger partial charge in [-0.05, 0) is 38.3 Å². The lowest BCUT2D eigenvalue weighted by Crippen LogP contribution is -2.10. The van der Waals surface area contributed by atoms with Crippen LogP contribution in [0.2, 0.25) is 0 Å². The van der Waals surface area contributed by atoms with Gasteiger partial charge in [0.05, 0.1) is 12.3 Å². The zero-order chi connectivity index (χ0) is 12.7. The Morgan fingerprint density at radius 2 is 2.28 bits per heavy atom. The number of hydrogen-bond donors (Lipinski definition) is 0. The van der Waals surface area contributed by atoms with E-state index in [0.29, 0.717) is 18.2 Å². The van der Waals surface area contributed by atoms with E-state index < -0.39 is 0 Å². The average molecular weight is 244 g/mol. The Balaban J connectivity index is 2.19. The van der Waals surface area contributed by atoms with E-state index in [1.54, 1.807) is 0 Å². The summed E-state index contributed by atoms with van der Waals surface area (Å²) in [5, 5.41) is 0. The van der Waals surface area contributed by atoms with Crippen molar-refractivity contribution in [2.45, 2.75) is 32.6 Å². The molecule has 0 atom stereocenters. The predicted molar refractivity (Wildman–Crippen MR) is 67.9 cm³/mol. The Morgan fingerprint density at radius 3 is 2.94 bits per heavy atom. The number of rotatable bonds is 3. The van der Waals surface area contributed by atoms with E-state index in [-0.39, 0.29) is 5.97 Å². The Hall–Kier alpha value is -1.84. The molecule has 1 saturated carbocycles. The number of ether oxygens (including phenoxy) is 1. The first-order valence-corrected chi connectivity index (χ1v) is 6.36. The van der Waals surface area contributed by atoms with Gasteiger partial charge >= 0.3 is 5.97 Å². The molecule has 0 bridgehead atoms. The van der Waals surface area contributed by atoms with Crippen LogP contribution in [-0.2, 0) is 4.74 Å². The maximum absolute atomic E-state index is 12.1. The molecule has 2 aromatic heterocycles. The van der Waals surface area contributed by atoms with Crippen molar-refractivity contribution >= 4 is 11.6 Å². The van der Waals surface area contributed by atoms with Crippen molar-refractivity contribution in [1.82, 2.24) is 9.38 Å². The zero-order valence-electron chi connectivity index (χ0n) is 10.6. The van der Waals surface area contributed by atoms with E-state index >= 15 is 0 Å². The molecule has 1 aliphatic carbocycles. The molecule has 0 unspecified atom stereocenters. The van der Waals surface area contributed by atoms with Crippen LogP contribution in [0.4, 0.5) is 0 Å². The molecule has 3 rings (SSSR count). The standard InChI is InChI=1S/C14H16N2O2/c1-3-18-14(17)13-12(10-5-6-10)15-11-7-4-9(2)8-16(11)13/h4,7-8,10H,3,5-6H2,1-2H3. The van der Waals surface area contributed by atoms with E-state index in [1.807, 2.05) is 36.6 Å². The van der Waals surface area contributed by atoms with Crippen LogP contribution >= 0.6 is 0 Å². The molecule has 0 aliphatic heterocycles. The lowest BCUT2D eigenvalue weighted by molar-refractivity contribution is 0.0517. The quantitative estimate of drug-likeness (QED) is 0.780. The fourth-order valence-corrected chi connectivity index (χ4v) is 2.21. The lowest BCUT2D eigenvalue weighted by Gasteiger charge is -2.04. The SMILES string of the molecule is CCOC(=O)c1c(C2CC2)nc2ccc(C)cn12. The molecule has 0 N–H and O–H groups in total. The molecule has 0 aromatic carbocycles. The third-order valence-electron chi connectivity index (χ3n) is 3.23. The van der Waals surface area contributed by atoms with Crippen LogP contribution in [-0.4, -0.2) is 22.0 Å². The molecule has 2 aromatic rings. The summed E-state index contributed by atoms with van der Waals surface area (Å²) in [6.45, 7) is 4.22. The number of aromatic nitrogens is 2. The molecule has 4 nitrogen and oxygen atoms in total. The first kappa shape index (κ1) is 11.3. The van der Waals surface area contributed by atoms with E-state index in [0.717, 1.165) is 29.7 Å². The van der Waals surface area contributed by atoms with Crippen LogP contribution in [0, 0.1) is 6.92 Å². The fourth-order valence-electron chi connectivity index (χ4n) is 2.21. The number of fused-ring (bicyclic) bond motifs is 1. The van der Waals surface area contributed by atoms with Gasteiger partial charge in [-0.15, -0.1) is 0 Å². The Kier molecular flexibility index (Phi) is 2.58. The van der Waals surface area contributed by atoms with Crippen molar-refractivity contribution < 1.29 is 9.53 Å². The van der Waals surface area contributed by atoms with Crippen LogP contribution in [0.15, 0.2) is 18.3 Å². The molecule has 0 radical (unpaired) electrons. The summed E-state index contributed by atoms with van der Waals surface area (Å²) in [7, 11) is 0. The molecule has 18 heavy (non-hydrogen) atoms. The van der Waals surface area contributed by atoms with Crippen LogP contribution < -0.4 is 0 Å². The van der Waals surface area contributed by atoms with Gasteiger partial charge in [-0.1, -0.05) is 6.07 Å². The molecular weight excluding hydrogens is 228 g/mol. The molecule has 1 fully saturated rings. The summed E-state index contributed by atoms with van der Waals surface area (Å²) in [6, 6.07) is 3.96. The predicted octanol–water partition coefficient (Wildman–Crippen LogP) is 2.70. The van der Waals surface area contributed by atoms with Gasteiger partial charge < -0.3 is 4.74 Å². The Bertz CT molecular complexity index is 612. The summed E-state index contributed by atoms with van der Waals surface area (Å²) in [5.74, 6) is 0.169. The largest absolute Gasteiger partial charge is 0.461 e. The van der Waals surface area contributed by atoms with Crippen molar-refractivity contribution in [3.05, 3.63) is 35.3 Å². The van der Waals surface area contributed by atoms with Gasteiger partial charge in [-0.3, -0.25) is 4.40 Å². The van der Waals surface area contributed by atoms with E-state index in [1.165, 1.54) is 0 Å². The van der Waals surface area contributed by atoms with E-state index in [9.17, 15) is 4.79 Å². The Labute approximate surface area is 106 Å². The first-order valence-electron chi connectivity index (χ1n) is 6.36. The van der Waals surface area contributed by atoms with Crippen molar-refractivity contribution in [2.24, 2.45) is 0 Å². The lowest BCUT2D eigenvalue weighted by atomic mass is 10.2. The highest BCUT2D eigenvalue weighted by Crippen LogP contribution is 2.41. The summed E-state index contributed by atoms with van der Waals surface area (Å²) >= 11 is 0. The van der Waals surface area contributed by atoms with Gasteiger partial charge in [0.2, 0.25) is 0 Å². The number of carbonyl (C=O) groups is 1. The average Bonchev–Trinajstić information content (AvgIpc) is 3.11. The van der Waals surface area contributed by atoms with Gasteiger partial charge in [-0.2, -0.15) is 0 Å². The van der Waals surface area contributed by atoms with E-state index in [2.05, 4.69) is 4.98 Å². The highest BCUT2D eigenvalue weighted by atomic mass is 16.5. The minimum absolute atomic E-state index is 0.266. The maximum atomic E-state index is 12.1. The minimum Gasteiger partial charge on any atom is -0.461 e. The smallest absolute Gasteiger partial charge is 0.357 e. The minimum atomic E-state index is -0.266. The van der Waals surface area contributed by atoms with Gasteiger partial charge in [0.1, 0.15) is 5.65 Å². The summed E-state index contributed by atoms with van der Waals surface area (Å²) in [6.07, 6.45) is 4.19. The molecule has 0 amide bonds. The fraction of sp³-hybridized carbons (Fsp3) is 0.429. The van der Waals surface area contributed by atoms with Gasteiger partial charge in [0.15, 0.2) is 5.69 Å². The number of pyridine rings is 1. The highest BCUT2D eigenvalue weighted by Gasteiger charge is 2.33. The third kappa shape index (κ3) is 1.78. The second-order valence-corrected chi connectivity index (χ2v) is 4.78. The second-order valence-electron chi connectivity index (χ2n) is 4.78. The molecule has 4 heteroatoms. The van der Waals surface area contributed by atoms with Crippen molar-refractivity contribution in [2.75, 3.05) is 6.61 Å². The molecule has 0 spiro atoms. The van der Waals surface area contributed by atoms with Crippen LogP contribution in [0.1, 0.15) is 47.4 Å². The third-order valence-corrected chi connectivity index (χ3v) is 3.23. The van der Waals surface area contributed by atoms with E-state index in [4.69, 9.17) is 4.74 Å². The summed E-state index contributed by atoms with van der Waals surface area (Å²) in [4.78, 5) is 16.7. The van der Waals surface area contributed by atoms with Crippen molar-refractivity contribution in [3.63, 3.8) is 0 Å². The van der Waals surface area contributed by atoms with Crippen molar-refractivity contribution in [1.29, 1.82) is 0 Å². The number of esters is 1. The number of aryl methyl sites for hydroxylation is 1. The first-order chi connectivity index (χ1) is 8.70. The van der Waals surface area contributed by atoms with Crippen LogP contribution in [0.3, 0.4) is 0 Å². The van der Waals surface area contributed by atoms with Crippen LogP contribution in [0.25, 0.3) is 5.65 Å². The topological polar surface area (TPSA) is 43.6 Å². The number of nitrogens with zero attached hydrogens (tertiary/aromatic N) is 2. The molecule has 94 valence electrons. The zero-order valence-corrected chi connectivity index (χ0v) is 10.6. The number of hydrogen-bond acceptors (Lipinski definition) is 3. The molecule has 2 heterocycles. The monoisotopic (exact) mass is 244 g/mol. The summed E-state index contributed by atoms with van der Waals surface area (Å²) in [5.41, 5.74) is 3.44. The number of imidazole rings is 1. The molecule has 0 saturated heterocycles.